The minimum Gasteiger partial charge on any atom is -0.444 e. The maximum atomic E-state index is 12.1. The fourth-order valence-corrected chi connectivity index (χ4v) is 3.20. The van der Waals surface area contributed by atoms with Crippen molar-refractivity contribution < 1.29 is 9.53 Å². The Labute approximate surface area is 116 Å². The molecule has 110 valence electrons. The number of piperidine rings is 2. The molecule has 0 unspecified atom stereocenters. The molecule has 0 radical (unpaired) electrons. The summed E-state index contributed by atoms with van der Waals surface area (Å²) in [6.07, 6.45) is 4.77. The lowest BCUT2D eigenvalue weighted by molar-refractivity contribution is 0.0117. The SMILES string of the molecule is CC(C)(C)OC(=O)N1CCC[C@@H](C2CCNCC2)C1. The van der Waals surface area contributed by atoms with Gasteiger partial charge < -0.3 is 15.0 Å². The molecule has 1 N–H and O–H groups in total. The number of carbonyl (C=O) groups excluding carboxylic acids is 1. The molecule has 2 fully saturated rings. The average Bonchev–Trinajstić information content (AvgIpc) is 2.38. The molecule has 0 aromatic rings. The largest absolute Gasteiger partial charge is 0.444 e. The van der Waals surface area contributed by atoms with E-state index in [0.29, 0.717) is 5.92 Å². The second-order valence-corrected chi connectivity index (χ2v) is 6.92. The van der Waals surface area contributed by atoms with Crippen LogP contribution in [0.15, 0.2) is 0 Å². The van der Waals surface area contributed by atoms with E-state index in [1.807, 2.05) is 25.7 Å². The molecule has 2 aliphatic rings. The van der Waals surface area contributed by atoms with Crippen molar-refractivity contribution in [3.05, 3.63) is 0 Å². The summed E-state index contributed by atoms with van der Waals surface area (Å²) in [6, 6.07) is 0. The molecule has 0 spiro atoms. The van der Waals surface area contributed by atoms with Crippen LogP contribution in [0.4, 0.5) is 4.79 Å². The third-order valence-electron chi connectivity index (χ3n) is 4.16. The zero-order valence-corrected chi connectivity index (χ0v) is 12.6. The number of amides is 1. The summed E-state index contributed by atoms with van der Waals surface area (Å²) < 4.78 is 5.49. The molecule has 2 heterocycles. The fourth-order valence-electron chi connectivity index (χ4n) is 3.20. The molecule has 4 nitrogen and oxygen atoms in total. The summed E-state index contributed by atoms with van der Waals surface area (Å²) in [5.74, 6) is 1.45. The zero-order chi connectivity index (χ0) is 13.9. The van der Waals surface area contributed by atoms with Crippen molar-refractivity contribution in [2.45, 2.75) is 52.1 Å². The van der Waals surface area contributed by atoms with E-state index in [1.54, 1.807) is 0 Å². The van der Waals surface area contributed by atoms with Crippen molar-refractivity contribution >= 4 is 6.09 Å². The van der Waals surface area contributed by atoms with Gasteiger partial charge in [0.1, 0.15) is 5.60 Å². The van der Waals surface area contributed by atoms with E-state index in [1.165, 1.54) is 19.3 Å². The van der Waals surface area contributed by atoms with Crippen LogP contribution in [0.25, 0.3) is 0 Å². The lowest BCUT2D eigenvalue weighted by atomic mass is 9.80. The molecule has 0 bridgehead atoms. The van der Waals surface area contributed by atoms with Gasteiger partial charge in [-0.2, -0.15) is 0 Å². The van der Waals surface area contributed by atoms with Gasteiger partial charge in [-0.15, -0.1) is 0 Å². The van der Waals surface area contributed by atoms with E-state index in [9.17, 15) is 4.79 Å². The Morgan fingerprint density at radius 2 is 1.84 bits per heavy atom. The van der Waals surface area contributed by atoms with Crippen LogP contribution in [0.3, 0.4) is 0 Å². The monoisotopic (exact) mass is 268 g/mol. The Balaban J connectivity index is 1.87. The van der Waals surface area contributed by atoms with Gasteiger partial charge in [0.05, 0.1) is 0 Å². The number of nitrogens with one attached hydrogen (secondary N) is 1. The van der Waals surface area contributed by atoms with Gasteiger partial charge in [0.2, 0.25) is 0 Å². The number of rotatable bonds is 1. The van der Waals surface area contributed by atoms with Crippen molar-refractivity contribution in [3.8, 4) is 0 Å². The van der Waals surface area contributed by atoms with Crippen LogP contribution < -0.4 is 5.32 Å². The van der Waals surface area contributed by atoms with Crippen molar-refractivity contribution in [1.29, 1.82) is 0 Å². The molecule has 0 aromatic carbocycles. The maximum Gasteiger partial charge on any atom is 0.410 e. The zero-order valence-electron chi connectivity index (χ0n) is 12.6. The molecule has 0 aliphatic carbocycles. The summed E-state index contributed by atoms with van der Waals surface area (Å²) in [4.78, 5) is 14.1. The number of hydrogen-bond acceptors (Lipinski definition) is 3. The molecule has 0 saturated carbocycles. The van der Waals surface area contributed by atoms with Crippen molar-refractivity contribution in [3.63, 3.8) is 0 Å². The maximum absolute atomic E-state index is 12.1. The molecular weight excluding hydrogens is 240 g/mol. The Morgan fingerprint density at radius 3 is 2.47 bits per heavy atom. The highest BCUT2D eigenvalue weighted by atomic mass is 16.6. The predicted octanol–water partition coefficient (Wildman–Crippen LogP) is 2.63. The van der Waals surface area contributed by atoms with Crippen LogP contribution in [0.1, 0.15) is 46.5 Å². The van der Waals surface area contributed by atoms with Crippen molar-refractivity contribution in [1.82, 2.24) is 10.2 Å². The minimum atomic E-state index is -0.390. The fraction of sp³-hybridized carbons (Fsp3) is 0.933. The Kier molecular flexibility index (Phi) is 4.71. The van der Waals surface area contributed by atoms with E-state index < -0.39 is 5.60 Å². The third kappa shape index (κ3) is 4.37. The second kappa shape index (κ2) is 6.12. The first-order chi connectivity index (χ1) is 8.96. The molecule has 2 rings (SSSR count). The summed E-state index contributed by atoms with van der Waals surface area (Å²) in [7, 11) is 0. The van der Waals surface area contributed by atoms with Gasteiger partial charge in [0, 0.05) is 13.1 Å². The van der Waals surface area contributed by atoms with Crippen LogP contribution in [-0.2, 0) is 4.74 Å². The van der Waals surface area contributed by atoms with E-state index >= 15 is 0 Å². The number of hydrogen-bond donors (Lipinski definition) is 1. The molecule has 19 heavy (non-hydrogen) atoms. The van der Waals surface area contributed by atoms with Crippen LogP contribution in [-0.4, -0.2) is 42.8 Å². The molecular formula is C15H28N2O2. The first kappa shape index (κ1) is 14.6. The second-order valence-electron chi connectivity index (χ2n) is 6.92. The number of ether oxygens (including phenoxy) is 1. The Hall–Kier alpha value is -0.770. The van der Waals surface area contributed by atoms with E-state index in [0.717, 1.165) is 38.5 Å². The van der Waals surface area contributed by atoms with Gasteiger partial charge in [0.25, 0.3) is 0 Å². The summed E-state index contributed by atoms with van der Waals surface area (Å²) >= 11 is 0. The van der Waals surface area contributed by atoms with E-state index in [-0.39, 0.29) is 6.09 Å². The van der Waals surface area contributed by atoms with Gasteiger partial charge in [-0.25, -0.2) is 4.79 Å². The van der Waals surface area contributed by atoms with Gasteiger partial charge in [-0.05, 0) is 71.4 Å². The highest BCUT2D eigenvalue weighted by molar-refractivity contribution is 5.68. The van der Waals surface area contributed by atoms with Crippen molar-refractivity contribution in [2.24, 2.45) is 11.8 Å². The topological polar surface area (TPSA) is 41.6 Å². The minimum absolute atomic E-state index is 0.133. The van der Waals surface area contributed by atoms with Crippen LogP contribution >= 0.6 is 0 Å². The van der Waals surface area contributed by atoms with Gasteiger partial charge in [-0.3, -0.25) is 0 Å². The third-order valence-corrected chi connectivity index (χ3v) is 4.16. The first-order valence-electron chi connectivity index (χ1n) is 7.64. The molecule has 4 heteroatoms. The van der Waals surface area contributed by atoms with Crippen LogP contribution in [0, 0.1) is 11.8 Å². The quantitative estimate of drug-likeness (QED) is 0.795. The lowest BCUT2D eigenvalue weighted by Gasteiger charge is -2.39. The number of nitrogens with zero attached hydrogens (tertiary/aromatic N) is 1. The number of carbonyl (C=O) groups is 1. The Bertz CT molecular complexity index is 306. The molecule has 1 atom stereocenters. The Morgan fingerprint density at radius 1 is 1.16 bits per heavy atom. The number of likely N-dealkylation sites (tertiary alicyclic amines) is 1. The van der Waals surface area contributed by atoms with Gasteiger partial charge in [0.15, 0.2) is 0 Å². The summed E-state index contributed by atoms with van der Waals surface area (Å²) in [5, 5.41) is 3.41. The first-order valence-corrected chi connectivity index (χ1v) is 7.64. The normalized spacial score (nSPS) is 26.3. The van der Waals surface area contributed by atoms with Gasteiger partial charge in [-0.1, -0.05) is 0 Å². The van der Waals surface area contributed by atoms with Crippen LogP contribution in [0.5, 0.6) is 0 Å². The molecule has 2 aliphatic heterocycles. The lowest BCUT2D eigenvalue weighted by Crippen LogP contribution is -2.45. The summed E-state index contributed by atoms with van der Waals surface area (Å²) in [5.41, 5.74) is -0.390. The molecule has 1 amide bonds. The van der Waals surface area contributed by atoms with Gasteiger partial charge >= 0.3 is 6.09 Å². The smallest absolute Gasteiger partial charge is 0.410 e. The van der Waals surface area contributed by atoms with E-state index in [4.69, 9.17) is 4.74 Å². The van der Waals surface area contributed by atoms with Crippen molar-refractivity contribution in [2.75, 3.05) is 26.2 Å². The highest BCUT2D eigenvalue weighted by Crippen LogP contribution is 2.30. The highest BCUT2D eigenvalue weighted by Gasteiger charge is 2.32. The average molecular weight is 268 g/mol. The standard InChI is InChI=1S/C15H28N2O2/c1-15(2,3)19-14(18)17-10-4-5-13(11-17)12-6-8-16-9-7-12/h12-13,16H,4-11H2,1-3H3/t13-/m1/s1. The van der Waals surface area contributed by atoms with E-state index in [2.05, 4.69) is 5.32 Å². The van der Waals surface area contributed by atoms with Crippen LogP contribution in [0.2, 0.25) is 0 Å². The molecule has 0 aromatic heterocycles. The molecule has 2 saturated heterocycles. The predicted molar refractivity (Wildman–Crippen MR) is 76.1 cm³/mol. The summed E-state index contributed by atoms with van der Waals surface area (Å²) in [6.45, 7) is 9.80.